The summed E-state index contributed by atoms with van der Waals surface area (Å²) in [6, 6.07) is 8.82. The Morgan fingerprint density at radius 2 is 1.76 bits per heavy atom. The molecule has 1 atom stereocenters. The molecule has 1 unspecified atom stereocenters. The van der Waals surface area contributed by atoms with Crippen molar-refractivity contribution in [3.63, 3.8) is 0 Å². The Bertz CT molecular complexity index is 1640. The molecule has 1 N–H and O–H groups in total. The number of carbonyl (C=O) groups excluding carboxylic acids is 4. The van der Waals surface area contributed by atoms with Gasteiger partial charge in [-0.2, -0.15) is 0 Å². The minimum absolute atomic E-state index is 0.101. The number of aryl methyl sites for hydroxylation is 2. The number of hydrogen-bond donors (Lipinski definition) is 1. The highest BCUT2D eigenvalue weighted by Gasteiger charge is 2.48. The van der Waals surface area contributed by atoms with Gasteiger partial charge in [0.15, 0.2) is 16.6 Å². The number of thiazole rings is 1. The Morgan fingerprint density at radius 3 is 2.31 bits per heavy atom. The lowest BCUT2D eigenvalue weighted by Gasteiger charge is -2.24. The van der Waals surface area contributed by atoms with E-state index in [1.165, 1.54) is 31.1 Å². The molecule has 45 heavy (non-hydrogen) atoms. The molecule has 1 saturated heterocycles. The van der Waals surface area contributed by atoms with Crippen molar-refractivity contribution in [3.05, 3.63) is 81.9 Å². The third kappa shape index (κ3) is 7.32. The first kappa shape index (κ1) is 34.3. The highest BCUT2D eigenvalue weighted by molar-refractivity contribution is 7.17. The van der Waals surface area contributed by atoms with E-state index < -0.39 is 23.7 Å². The average molecular weight is 638 g/mol. The molecule has 13 heteroatoms. The van der Waals surface area contributed by atoms with Crippen molar-refractivity contribution in [2.45, 2.75) is 19.9 Å². The molecule has 2 amide bonds. The van der Waals surface area contributed by atoms with E-state index in [4.69, 9.17) is 18.9 Å². The van der Waals surface area contributed by atoms with Crippen LogP contribution in [0.25, 0.3) is 5.76 Å². The molecule has 1 aliphatic heterocycles. The fourth-order valence-electron chi connectivity index (χ4n) is 4.43. The van der Waals surface area contributed by atoms with Gasteiger partial charge in [0.25, 0.3) is 5.78 Å². The lowest BCUT2D eigenvalue weighted by atomic mass is 9.93. The predicted molar refractivity (Wildman–Crippen MR) is 169 cm³/mol. The molecular formula is C32H35N3O9S. The molecule has 2 heterocycles. The first-order valence-electron chi connectivity index (χ1n) is 13.5. The Hall–Kier alpha value is -5.17. The van der Waals surface area contributed by atoms with Gasteiger partial charge in [0.05, 0.1) is 38.6 Å². The zero-order valence-corrected chi connectivity index (χ0v) is 26.9. The Morgan fingerprint density at radius 1 is 1.09 bits per heavy atom. The molecule has 0 bridgehead atoms. The van der Waals surface area contributed by atoms with Crippen LogP contribution in [-0.4, -0.2) is 81.1 Å². The van der Waals surface area contributed by atoms with Crippen LogP contribution in [0.15, 0.2) is 54.6 Å². The molecule has 0 aliphatic carbocycles. The number of amides is 2. The standard InChI is InChI=1S/C29H28N2O8S.C3H7NO/c1-7-12-39-18-9-10-19(15(2)13-18)24(32)22-23(17-8-11-20(36-4)21(14-17)37-5)31(27(34)25(22)33)29-30-16(3)26(40-29)28(35)38-6;1-4(2)3-5/h7-11,13-14,23,32H,1,12H2,2-6H3;3H,1-2H3/b24-22+;. The Kier molecular flexibility index (Phi) is 11.5. The molecule has 2 aromatic carbocycles. The number of hydrogen-bond acceptors (Lipinski definition) is 11. The highest BCUT2D eigenvalue weighted by Crippen LogP contribution is 2.46. The number of nitrogens with zero attached hydrogens (tertiary/aromatic N) is 3. The number of benzene rings is 2. The Labute approximate surface area is 265 Å². The molecule has 1 aliphatic rings. The molecule has 4 rings (SSSR count). The van der Waals surface area contributed by atoms with Crippen molar-refractivity contribution in [2.24, 2.45) is 0 Å². The number of ketones is 1. The second-order valence-electron chi connectivity index (χ2n) is 9.83. The topological polar surface area (TPSA) is 145 Å². The molecule has 1 fully saturated rings. The SMILES string of the molecule is C=CCOc1ccc(/C(O)=C2\C(=O)C(=O)N(c3nc(C)c(C(=O)OC)s3)C2c2ccc(OC)c(OC)c2)c(C)c1.CN(C)C=O. The lowest BCUT2D eigenvalue weighted by Crippen LogP contribution is -2.29. The van der Waals surface area contributed by atoms with E-state index in [1.807, 2.05) is 0 Å². The number of esters is 1. The number of carbonyl (C=O) groups is 4. The molecule has 3 aromatic rings. The van der Waals surface area contributed by atoms with Crippen LogP contribution in [0.4, 0.5) is 5.13 Å². The van der Waals surface area contributed by atoms with Gasteiger partial charge in [-0.1, -0.05) is 30.1 Å². The van der Waals surface area contributed by atoms with Crippen LogP contribution in [0.2, 0.25) is 0 Å². The number of Topliss-reactive ketones (excluding diaryl/α,β-unsaturated/α-hetero) is 1. The van der Waals surface area contributed by atoms with E-state index in [1.54, 1.807) is 70.4 Å². The smallest absolute Gasteiger partial charge is 0.350 e. The van der Waals surface area contributed by atoms with Crippen LogP contribution in [0, 0.1) is 13.8 Å². The summed E-state index contributed by atoms with van der Waals surface area (Å²) in [4.78, 5) is 56.0. The number of methoxy groups -OCH3 is 3. The first-order chi connectivity index (χ1) is 21.4. The third-order valence-electron chi connectivity index (χ3n) is 6.56. The van der Waals surface area contributed by atoms with Crippen molar-refractivity contribution in [3.8, 4) is 17.2 Å². The van der Waals surface area contributed by atoms with Crippen LogP contribution in [-0.2, 0) is 19.1 Å². The number of ether oxygens (including phenoxy) is 4. The van der Waals surface area contributed by atoms with E-state index >= 15 is 0 Å². The van der Waals surface area contributed by atoms with Crippen LogP contribution in [0.1, 0.15) is 38.1 Å². The number of aliphatic hydroxyl groups excluding tert-OH is 1. The number of aliphatic hydroxyl groups is 1. The maximum absolute atomic E-state index is 13.6. The summed E-state index contributed by atoms with van der Waals surface area (Å²) in [5.74, 6) is -1.45. The normalized spacial score (nSPS) is 15.1. The van der Waals surface area contributed by atoms with Crippen LogP contribution in [0.5, 0.6) is 17.2 Å². The maximum Gasteiger partial charge on any atom is 0.350 e. The van der Waals surface area contributed by atoms with Crippen molar-refractivity contribution in [1.29, 1.82) is 0 Å². The number of anilines is 1. The van der Waals surface area contributed by atoms with E-state index in [9.17, 15) is 24.3 Å². The third-order valence-corrected chi connectivity index (χ3v) is 7.70. The summed E-state index contributed by atoms with van der Waals surface area (Å²) < 4.78 is 21.2. The number of aromatic nitrogens is 1. The van der Waals surface area contributed by atoms with Gasteiger partial charge >= 0.3 is 11.9 Å². The molecule has 0 saturated carbocycles. The van der Waals surface area contributed by atoms with Gasteiger partial charge in [0.2, 0.25) is 6.41 Å². The quantitative estimate of drug-likeness (QED) is 0.0845. The highest BCUT2D eigenvalue weighted by atomic mass is 32.1. The Balaban J connectivity index is 0.00000102. The summed E-state index contributed by atoms with van der Waals surface area (Å²) in [6.45, 7) is 7.29. The summed E-state index contributed by atoms with van der Waals surface area (Å²) in [5, 5.41) is 11.6. The average Bonchev–Trinajstić information content (AvgIpc) is 3.54. The van der Waals surface area contributed by atoms with Crippen LogP contribution < -0.4 is 19.1 Å². The van der Waals surface area contributed by atoms with Crippen molar-refractivity contribution >= 4 is 46.3 Å². The summed E-state index contributed by atoms with van der Waals surface area (Å²) in [5.41, 5.74) is 1.61. The second kappa shape index (κ2) is 15.0. The second-order valence-corrected chi connectivity index (χ2v) is 10.8. The predicted octanol–water partition coefficient (Wildman–Crippen LogP) is 4.46. The molecule has 0 spiro atoms. The molecular weight excluding hydrogens is 602 g/mol. The maximum atomic E-state index is 13.6. The molecule has 1 aromatic heterocycles. The largest absolute Gasteiger partial charge is 0.507 e. The van der Waals surface area contributed by atoms with Gasteiger partial charge < -0.3 is 29.0 Å². The molecule has 238 valence electrons. The van der Waals surface area contributed by atoms with Crippen molar-refractivity contribution in [1.82, 2.24) is 9.88 Å². The number of rotatable bonds is 10. The van der Waals surface area contributed by atoms with Crippen LogP contribution >= 0.6 is 11.3 Å². The van der Waals surface area contributed by atoms with E-state index in [0.717, 1.165) is 17.7 Å². The first-order valence-corrected chi connectivity index (χ1v) is 14.3. The van der Waals surface area contributed by atoms with Crippen molar-refractivity contribution < 1.29 is 43.2 Å². The summed E-state index contributed by atoms with van der Waals surface area (Å²) in [6.07, 6.45) is 2.36. The monoisotopic (exact) mass is 637 g/mol. The lowest BCUT2D eigenvalue weighted by molar-refractivity contribution is -0.132. The fourth-order valence-corrected chi connectivity index (χ4v) is 5.44. The van der Waals surface area contributed by atoms with Gasteiger partial charge in [-0.15, -0.1) is 0 Å². The zero-order valence-electron chi connectivity index (χ0n) is 26.1. The minimum Gasteiger partial charge on any atom is -0.507 e. The zero-order chi connectivity index (χ0) is 33.4. The van der Waals surface area contributed by atoms with Gasteiger partial charge in [-0.3, -0.25) is 19.3 Å². The van der Waals surface area contributed by atoms with E-state index in [-0.39, 0.29) is 21.3 Å². The molecule has 0 radical (unpaired) electrons. The van der Waals surface area contributed by atoms with Crippen molar-refractivity contribution in [2.75, 3.05) is 46.9 Å². The summed E-state index contributed by atoms with van der Waals surface area (Å²) in [7, 11) is 7.57. The van der Waals surface area contributed by atoms with Crippen LogP contribution in [0.3, 0.4) is 0 Å². The van der Waals surface area contributed by atoms with Gasteiger partial charge in [-0.05, 0) is 55.3 Å². The van der Waals surface area contributed by atoms with E-state index in [0.29, 0.717) is 46.2 Å². The van der Waals surface area contributed by atoms with E-state index in [2.05, 4.69) is 11.6 Å². The fraction of sp³-hybridized carbons (Fsp3) is 0.281. The van der Waals surface area contributed by atoms with Gasteiger partial charge in [-0.25, -0.2) is 9.78 Å². The van der Waals surface area contributed by atoms with Gasteiger partial charge in [0.1, 0.15) is 23.0 Å². The minimum atomic E-state index is -1.09. The molecule has 12 nitrogen and oxygen atoms in total. The summed E-state index contributed by atoms with van der Waals surface area (Å²) >= 11 is 0.916. The van der Waals surface area contributed by atoms with Gasteiger partial charge in [0, 0.05) is 19.7 Å².